The summed E-state index contributed by atoms with van der Waals surface area (Å²) < 4.78 is 0. The molecular weight excluding hydrogens is 388 g/mol. The highest BCUT2D eigenvalue weighted by atomic mass is 35.5. The minimum absolute atomic E-state index is 0.104. The van der Waals surface area contributed by atoms with Gasteiger partial charge in [0.05, 0.1) is 0 Å². The maximum atomic E-state index is 12.5. The third-order valence-corrected chi connectivity index (χ3v) is 5.94. The van der Waals surface area contributed by atoms with Crippen LogP contribution in [0.4, 0.5) is 22.1 Å². The van der Waals surface area contributed by atoms with Crippen molar-refractivity contribution in [2.75, 3.05) is 47.8 Å². The first kappa shape index (κ1) is 19.8. The molecule has 2 aliphatic rings. The van der Waals surface area contributed by atoms with Crippen molar-refractivity contribution in [2.45, 2.75) is 32.2 Å². The number of piperidine rings is 1. The summed E-state index contributed by atoms with van der Waals surface area (Å²) in [7, 11) is 0. The van der Waals surface area contributed by atoms with Crippen LogP contribution in [0.3, 0.4) is 0 Å². The van der Waals surface area contributed by atoms with E-state index in [-0.39, 0.29) is 6.03 Å². The fourth-order valence-corrected chi connectivity index (χ4v) is 4.18. The van der Waals surface area contributed by atoms with Crippen molar-refractivity contribution in [3.63, 3.8) is 0 Å². The molecule has 2 fully saturated rings. The Morgan fingerprint density at radius 1 is 1.03 bits per heavy atom. The molecule has 0 aliphatic carbocycles. The molecule has 0 radical (unpaired) electrons. The van der Waals surface area contributed by atoms with E-state index in [9.17, 15) is 4.79 Å². The van der Waals surface area contributed by atoms with E-state index in [1.807, 2.05) is 23.1 Å². The number of carbonyl (C=O) groups is 1. The van der Waals surface area contributed by atoms with Crippen LogP contribution in [0, 0.1) is 0 Å². The molecule has 2 aromatic rings. The highest BCUT2D eigenvalue weighted by Gasteiger charge is 2.23. The average Bonchev–Trinajstić information content (AvgIpc) is 2.74. The molecule has 1 aromatic carbocycles. The summed E-state index contributed by atoms with van der Waals surface area (Å²) in [6.07, 6.45) is 3.72. The predicted octanol–water partition coefficient (Wildman–Crippen LogP) is 3.86. The van der Waals surface area contributed by atoms with Crippen molar-refractivity contribution in [3.8, 4) is 0 Å². The first-order valence-corrected chi connectivity index (χ1v) is 10.6. The number of carbonyl (C=O) groups excluding carboxylic acids is 1. The Morgan fingerprint density at radius 3 is 2.48 bits per heavy atom. The van der Waals surface area contributed by atoms with Crippen LogP contribution in [-0.2, 0) is 0 Å². The molecule has 0 saturated carbocycles. The van der Waals surface area contributed by atoms with Crippen LogP contribution in [0.5, 0.6) is 0 Å². The van der Waals surface area contributed by atoms with E-state index in [1.54, 1.807) is 12.1 Å². The third kappa shape index (κ3) is 4.72. The van der Waals surface area contributed by atoms with Crippen molar-refractivity contribution in [3.05, 3.63) is 41.4 Å². The van der Waals surface area contributed by atoms with Gasteiger partial charge in [-0.2, -0.15) is 0 Å². The lowest BCUT2D eigenvalue weighted by molar-refractivity contribution is 0.208. The number of piperazine rings is 1. The SMILES string of the molecule is CC1CCCCN1c1ccc(N2CCN(C(=O)Nc3cccc(Cl)c3)CC2)nn1. The quantitative estimate of drug-likeness (QED) is 0.826. The molecule has 1 unspecified atom stereocenters. The number of amides is 2. The zero-order valence-electron chi connectivity index (χ0n) is 16.7. The molecule has 3 heterocycles. The standard InChI is InChI=1S/C21H27ClN6O/c1-16-5-2-3-10-28(16)20-9-8-19(24-25-20)26-11-13-27(14-12-26)21(29)23-18-7-4-6-17(22)15-18/h4,6-9,15-16H,2-3,5,10-14H2,1H3,(H,23,29). The van der Waals surface area contributed by atoms with Gasteiger partial charge in [-0.05, 0) is 56.5 Å². The summed E-state index contributed by atoms with van der Waals surface area (Å²) in [6.45, 7) is 6.05. The molecule has 2 aliphatic heterocycles. The maximum Gasteiger partial charge on any atom is 0.321 e. The third-order valence-electron chi connectivity index (χ3n) is 5.70. The largest absolute Gasteiger partial charge is 0.352 e. The van der Waals surface area contributed by atoms with Crippen LogP contribution in [0.2, 0.25) is 5.02 Å². The predicted molar refractivity (Wildman–Crippen MR) is 117 cm³/mol. The van der Waals surface area contributed by atoms with Crippen molar-refractivity contribution in [1.29, 1.82) is 0 Å². The molecule has 0 bridgehead atoms. The number of aromatic nitrogens is 2. The van der Waals surface area contributed by atoms with E-state index < -0.39 is 0 Å². The highest BCUT2D eigenvalue weighted by Crippen LogP contribution is 2.24. The van der Waals surface area contributed by atoms with E-state index in [1.165, 1.54) is 19.3 Å². The number of halogens is 1. The Hall–Kier alpha value is -2.54. The van der Waals surface area contributed by atoms with E-state index in [2.05, 4.69) is 38.3 Å². The van der Waals surface area contributed by atoms with Gasteiger partial charge in [-0.1, -0.05) is 17.7 Å². The molecule has 2 saturated heterocycles. The van der Waals surface area contributed by atoms with Gasteiger partial charge in [0, 0.05) is 49.5 Å². The Bertz CT molecular complexity index is 837. The number of nitrogens with zero attached hydrogens (tertiary/aromatic N) is 5. The van der Waals surface area contributed by atoms with Crippen molar-refractivity contribution in [2.24, 2.45) is 0 Å². The second-order valence-corrected chi connectivity index (χ2v) is 8.14. The summed E-state index contributed by atoms with van der Waals surface area (Å²) in [5.41, 5.74) is 0.707. The van der Waals surface area contributed by atoms with E-state index in [0.29, 0.717) is 29.8 Å². The molecule has 1 aromatic heterocycles. The number of hydrogen-bond acceptors (Lipinski definition) is 5. The lowest BCUT2D eigenvalue weighted by Gasteiger charge is -2.36. The van der Waals surface area contributed by atoms with Gasteiger partial charge >= 0.3 is 6.03 Å². The molecule has 7 nitrogen and oxygen atoms in total. The van der Waals surface area contributed by atoms with Gasteiger partial charge in [0.1, 0.15) is 0 Å². The number of hydrogen-bond donors (Lipinski definition) is 1. The van der Waals surface area contributed by atoms with E-state index in [0.717, 1.165) is 31.3 Å². The second-order valence-electron chi connectivity index (χ2n) is 7.70. The molecule has 0 spiro atoms. The number of rotatable bonds is 3. The van der Waals surface area contributed by atoms with Gasteiger partial charge in [-0.15, -0.1) is 10.2 Å². The minimum Gasteiger partial charge on any atom is -0.352 e. The van der Waals surface area contributed by atoms with E-state index >= 15 is 0 Å². The van der Waals surface area contributed by atoms with Crippen LogP contribution < -0.4 is 15.1 Å². The Kier molecular flexibility index (Phi) is 6.04. The highest BCUT2D eigenvalue weighted by molar-refractivity contribution is 6.30. The summed E-state index contributed by atoms with van der Waals surface area (Å²) >= 11 is 5.98. The Morgan fingerprint density at radius 2 is 1.79 bits per heavy atom. The molecular formula is C21H27ClN6O. The number of urea groups is 1. The summed E-state index contributed by atoms with van der Waals surface area (Å²) in [6, 6.07) is 11.7. The van der Waals surface area contributed by atoms with Crippen LogP contribution in [0.25, 0.3) is 0 Å². The fourth-order valence-electron chi connectivity index (χ4n) is 3.99. The van der Waals surface area contributed by atoms with Gasteiger partial charge < -0.3 is 20.0 Å². The summed E-state index contributed by atoms with van der Waals surface area (Å²) in [5.74, 6) is 1.83. The van der Waals surface area contributed by atoms with Crippen LogP contribution in [0.1, 0.15) is 26.2 Å². The summed E-state index contributed by atoms with van der Waals surface area (Å²) in [4.78, 5) is 18.8. The van der Waals surface area contributed by atoms with Gasteiger partial charge in [0.2, 0.25) is 0 Å². The van der Waals surface area contributed by atoms with Crippen LogP contribution in [0.15, 0.2) is 36.4 Å². The van der Waals surface area contributed by atoms with Gasteiger partial charge in [-0.3, -0.25) is 0 Å². The average molecular weight is 415 g/mol. The first-order valence-electron chi connectivity index (χ1n) is 10.3. The van der Waals surface area contributed by atoms with Crippen LogP contribution in [-0.4, -0.2) is 59.9 Å². The molecule has 1 atom stereocenters. The van der Waals surface area contributed by atoms with Gasteiger partial charge in [0.25, 0.3) is 0 Å². The minimum atomic E-state index is -0.104. The zero-order valence-corrected chi connectivity index (χ0v) is 17.5. The van der Waals surface area contributed by atoms with Crippen LogP contribution >= 0.6 is 11.6 Å². The van der Waals surface area contributed by atoms with Crippen molar-refractivity contribution < 1.29 is 4.79 Å². The maximum absolute atomic E-state index is 12.5. The van der Waals surface area contributed by atoms with Gasteiger partial charge in [-0.25, -0.2) is 4.79 Å². The smallest absolute Gasteiger partial charge is 0.321 e. The van der Waals surface area contributed by atoms with Gasteiger partial charge in [0.15, 0.2) is 11.6 Å². The first-order chi connectivity index (χ1) is 14.1. The normalized spacial score (nSPS) is 19.9. The van der Waals surface area contributed by atoms with E-state index in [4.69, 9.17) is 11.6 Å². The number of anilines is 3. The number of nitrogens with one attached hydrogen (secondary N) is 1. The summed E-state index contributed by atoms with van der Waals surface area (Å²) in [5, 5.41) is 12.4. The molecule has 2 amide bonds. The lowest BCUT2D eigenvalue weighted by Crippen LogP contribution is -2.50. The lowest BCUT2D eigenvalue weighted by atomic mass is 10.0. The molecule has 29 heavy (non-hydrogen) atoms. The van der Waals surface area contributed by atoms with Crippen molar-refractivity contribution >= 4 is 35.0 Å². The zero-order chi connectivity index (χ0) is 20.2. The Balaban J connectivity index is 1.31. The topological polar surface area (TPSA) is 64.6 Å². The number of benzene rings is 1. The molecule has 4 rings (SSSR count). The fraction of sp³-hybridized carbons (Fsp3) is 0.476. The van der Waals surface area contributed by atoms with Crippen molar-refractivity contribution in [1.82, 2.24) is 15.1 Å². The Labute approximate surface area is 176 Å². The molecule has 1 N–H and O–H groups in total. The monoisotopic (exact) mass is 414 g/mol. The second kappa shape index (κ2) is 8.86. The molecule has 154 valence electrons. The molecule has 8 heteroatoms.